The molecule has 0 saturated heterocycles. The summed E-state index contributed by atoms with van der Waals surface area (Å²) in [6.45, 7) is 5.10. The first kappa shape index (κ1) is 12.6. The molecular weight excluding hydrogens is 230 g/mol. The fourth-order valence-corrected chi connectivity index (χ4v) is 3.26. The molecule has 1 heterocycles. The fraction of sp³-hybridized carbons (Fsp3) is 0.643. The monoisotopic (exact) mass is 251 g/mol. The molecule has 0 radical (unpaired) electrons. The second-order valence-corrected chi connectivity index (χ2v) is 6.36. The molecule has 1 aromatic heterocycles. The third-order valence-electron chi connectivity index (χ3n) is 3.41. The molecule has 0 spiro atoms. The molecule has 0 unspecified atom stereocenters. The minimum atomic E-state index is 0.252. The van der Waals surface area contributed by atoms with Crippen molar-refractivity contribution in [2.24, 2.45) is 5.92 Å². The van der Waals surface area contributed by atoms with Gasteiger partial charge in [-0.1, -0.05) is 26.7 Å². The van der Waals surface area contributed by atoms with Crippen LogP contribution in [-0.4, -0.2) is 5.91 Å². The van der Waals surface area contributed by atoms with Crippen molar-refractivity contribution < 1.29 is 4.79 Å². The first-order chi connectivity index (χ1) is 8.16. The average molecular weight is 251 g/mol. The molecule has 2 nitrogen and oxygen atoms in total. The summed E-state index contributed by atoms with van der Waals surface area (Å²) >= 11 is 1.81. The maximum absolute atomic E-state index is 11.9. The summed E-state index contributed by atoms with van der Waals surface area (Å²) in [5.74, 6) is 1.11. The molecule has 1 aliphatic rings. The summed E-state index contributed by atoms with van der Waals surface area (Å²) in [6.07, 6.45) is 4.59. The van der Waals surface area contributed by atoms with Gasteiger partial charge in [0, 0.05) is 15.7 Å². The number of rotatable bonds is 4. The van der Waals surface area contributed by atoms with Crippen molar-refractivity contribution in [3.63, 3.8) is 0 Å². The highest BCUT2D eigenvalue weighted by atomic mass is 32.1. The van der Waals surface area contributed by atoms with Crippen LogP contribution in [-0.2, 0) is 11.3 Å². The van der Waals surface area contributed by atoms with E-state index in [1.54, 1.807) is 0 Å². The third kappa shape index (κ3) is 3.32. The summed E-state index contributed by atoms with van der Waals surface area (Å²) in [6, 6.07) is 4.31. The molecule has 0 aromatic carbocycles. The standard InChI is InChI=1S/C14H21NOS/c1-10(2)13-8-7-12(17-13)9-15-14(16)11-5-3-4-6-11/h7-8,10-11H,3-6,9H2,1-2H3,(H,15,16). The molecular formula is C14H21NOS. The van der Waals surface area contributed by atoms with Crippen LogP contribution in [0, 0.1) is 5.92 Å². The van der Waals surface area contributed by atoms with Gasteiger partial charge >= 0.3 is 0 Å². The van der Waals surface area contributed by atoms with Gasteiger partial charge in [0.05, 0.1) is 6.54 Å². The minimum absolute atomic E-state index is 0.252. The Morgan fingerprint density at radius 3 is 2.71 bits per heavy atom. The van der Waals surface area contributed by atoms with Crippen LogP contribution in [0.5, 0.6) is 0 Å². The molecule has 0 atom stereocenters. The summed E-state index contributed by atoms with van der Waals surface area (Å²) in [7, 11) is 0. The topological polar surface area (TPSA) is 29.1 Å². The van der Waals surface area contributed by atoms with E-state index in [4.69, 9.17) is 0 Å². The first-order valence-corrected chi connectivity index (χ1v) is 7.35. The number of carbonyl (C=O) groups is 1. The van der Waals surface area contributed by atoms with Crippen LogP contribution in [0.2, 0.25) is 0 Å². The van der Waals surface area contributed by atoms with Gasteiger partial charge in [0.25, 0.3) is 0 Å². The number of thiophene rings is 1. The SMILES string of the molecule is CC(C)c1ccc(CNC(=O)C2CCCC2)s1. The highest BCUT2D eigenvalue weighted by Crippen LogP contribution is 2.26. The van der Waals surface area contributed by atoms with Gasteiger partial charge in [-0.25, -0.2) is 0 Å². The van der Waals surface area contributed by atoms with Gasteiger partial charge in [-0.15, -0.1) is 11.3 Å². The van der Waals surface area contributed by atoms with E-state index in [2.05, 4.69) is 31.3 Å². The summed E-state index contributed by atoms with van der Waals surface area (Å²) in [5.41, 5.74) is 0. The van der Waals surface area contributed by atoms with Crippen molar-refractivity contribution in [1.82, 2.24) is 5.32 Å². The molecule has 1 N–H and O–H groups in total. The fourth-order valence-electron chi connectivity index (χ4n) is 2.31. The second kappa shape index (κ2) is 5.67. The Balaban J connectivity index is 1.82. The van der Waals surface area contributed by atoms with Crippen LogP contribution < -0.4 is 5.32 Å². The molecule has 17 heavy (non-hydrogen) atoms. The average Bonchev–Trinajstić information content (AvgIpc) is 2.97. The molecule has 2 rings (SSSR count). The molecule has 3 heteroatoms. The maximum atomic E-state index is 11.9. The lowest BCUT2D eigenvalue weighted by molar-refractivity contribution is -0.124. The zero-order valence-electron chi connectivity index (χ0n) is 10.7. The Labute approximate surface area is 107 Å². The zero-order valence-corrected chi connectivity index (χ0v) is 11.5. The van der Waals surface area contributed by atoms with Crippen LogP contribution in [0.3, 0.4) is 0 Å². The van der Waals surface area contributed by atoms with Crippen molar-refractivity contribution in [1.29, 1.82) is 0 Å². The number of amides is 1. The number of hydrogen-bond acceptors (Lipinski definition) is 2. The Morgan fingerprint density at radius 1 is 1.41 bits per heavy atom. The number of carbonyl (C=O) groups excluding carboxylic acids is 1. The van der Waals surface area contributed by atoms with E-state index in [1.807, 2.05) is 11.3 Å². The van der Waals surface area contributed by atoms with E-state index in [-0.39, 0.29) is 11.8 Å². The molecule has 1 saturated carbocycles. The van der Waals surface area contributed by atoms with Crippen molar-refractivity contribution in [2.45, 2.75) is 52.0 Å². The van der Waals surface area contributed by atoms with Crippen LogP contribution in [0.25, 0.3) is 0 Å². The van der Waals surface area contributed by atoms with Crippen molar-refractivity contribution >= 4 is 17.2 Å². The Kier molecular flexibility index (Phi) is 4.21. The summed E-state index contributed by atoms with van der Waals surface area (Å²) in [4.78, 5) is 14.5. The van der Waals surface area contributed by atoms with Gasteiger partial charge in [-0.2, -0.15) is 0 Å². The molecule has 1 amide bonds. The Morgan fingerprint density at radius 2 is 2.12 bits per heavy atom. The van der Waals surface area contributed by atoms with Gasteiger partial charge in [-0.05, 0) is 30.9 Å². The Hall–Kier alpha value is -0.830. The maximum Gasteiger partial charge on any atom is 0.223 e. The largest absolute Gasteiger partial charge is 0.351 e. The van der Waals surface area contributed by atoms with Gasteiger partial charge in [0.2, 0.25) is 5.91 Å². The minimum Gasteiger partial charge on any atom is -0.351 e. The molecule has 1 aliphatic carbocycles. The van der Waals surface area contributed by atoms with E-state index >= 15 is 0 Å². The van der Waals surface area contributed by atoms with Gasteiger partial charge in [0.1, 0.15) is 0 Å². The molecule has 0 bridgehead atoms. The van der Waals surface area contributed by atoms with E-state index in [0.29, 0.717) is 12.5 Å². The van der Waals surface area contributed by atoms with Crippen molar-refractivity contribution in [3.05, 3.63) is 21.9 Å². The lowest BCUT2D eigenvalue weighted by Gasteiger charge is -2.09. The van der Waals surface area contributed by atoms with E-state index in [9.17, 15) is 4.79 Å². The van der Waals surface area contributed by atoms with E-state index in [0.717, 1.165) is 12.8 Å². The second-order valence-electron chi connectivity index (χ2n) is 5.16. The Bertz CT molecular complexity index is 377. The summed E-state index contributed by atoms with van der Waals surface area (Å²) < 4.78 is 0. The van der Waals surface area contributed by atoms with Crippen LogP contribution in [0.1, 0.15) is 55.2 Å². The lowest BCUT2D eigenvalue weighted by Crippen LogP contribution is -2.28. The van der Waals surface area contributed by atoms with E-state index in [1.165, 1.54) is 22.6 Å². The summed E-state index contributed by atoms with van der Waals surface area (Å²) in [5, 5.41) is 3.06. The quantitative estimate of drug-likeness (QED) is 0.869. The first-order valence-electron chi connectivity index (χ1n) is 6.53. The zero-order chi connectivity index (χ0) is 12.3. The van der Waals surface area contributed by atoms with Gasteiger partial charge in [0.15, 0.2) is 0 Å². The van der Waals surface area contributed by atoms with E-state index < -0.39 is 0 Å². The highest BCUT2D eigenvalue weighted by Gasteiger charge is 2.22. The molecule has 94 valence electrons. The normalized spacial score (nSPS) is 16.6. The smallest absolute Gasteiger partial charge is 0.223 e. The van der Waals surface area contributed by atoms with Crippen molar-refractivity contribution in [2.75, 3.05) is 0 Å². The van der Waals surface area contributed by atoms with Gasteiger partial charge in [-0.3, -0.25) is 4.79 Å². The number of nitrogens with one attached hydrogen (secondary N) is 1. The van der Waals surface area contributed by atoms with Crippen LogP contribution >= 0.6 is 11.3 Å². The predicted octanol–water partition coefficient (Wildman–Crippen LogP) is 3.68. The predicted molar refractivity (Wildman–Crippen MR) is 72.2 cm³/mol. The lowest BCUT2D eigenvalue weighted by atomic mass is 10.1. The number of hydrogen-bond donors (Lipinski definition) is 1. The van der Waals surface area contributed by atoms with Crippen LogP contribution in [0.4, 0.5) is 0 Å². The van der Waals surface area contributed by atoms with Gasteiger partial charge < -0.3 is 5.32 Å². The highest BCUT2D eigenvalue weighted by molar-refractivity contribution is 7.12. The molecule has 0 aliphatic heterocycles. The third-order valence-corrected chi connectivity index (χ3v) is 4.80. The molecule has 1 aromatic rings. The molecule has 1 fully saturated rings. The van der Waals surface area contributed by atoms with Crippen molar-refractivity contribution in [3.8, 4) is 0 Å². The van der Waals surface area contributed by atoms with Crippen LogP contribution in [0.15, 0.2) is 12.1 Å².